The lowest BCUT2D eigenvalue weighted by molar-refractivity contribution is -0.215. The van der Waals surface area contributed by atoms with Gasteiger partial charge >= 0.3 is 5.97 Å². The van der Waals surface area contributed by atoms with Crippen LogP contribution in [0, 0.1) is 0 Å². The largest absolute Gasteiger partial charge is 0.420 e. The summed E-state index contributed by atoms with van der Waals surface area (Å²) < 4.78 is 4.33. The summed E-state index contributed by atoms with van der Waals surface area (Å²) >= 11 is 0. The van der Waals surface area contributed by atoms with Gasteiger partial charge in [-0.3, -0.25) is 4.79 Å². The molecule has 0 heterocycles. The van der Waals surface area contributed by atoms with Gasteiger partial charge in [0.15, 0.2) is 0 Å². The molecular formula is C8H12O5. The van der Waals surface area contributed by atoms with Gasteiger partial charge in [0.05, 0.1) is 0 Å². The van der Waals surface area contributed by atoms with Gasteiger partial charge in [-0.05, 0) is 6.92 Å². The molecule has 0 aromatic carbocycles. The third kappa shape index (κ3) is 2.96. The van der Waals surface area contributed by atoms with Crippen molar-refractivity contribution >= 4 is 11.8 Å². The Balaban J connectivity index is 4.55. The van der Waals surface area contributed by atoms with Crippen LogP contribution in [0.2, 0.25) is 0 Å². The Labute approximate surface area is 75.6 Å². The van der Waals surface area contributed by atoms with E-state index in [1.165, 1.54) is 6.92 Å². The van der Waals surface area contributed by atoms with Crippen LogP contribution in [0.3, 0.4) is 0 Å². The second kappa shape index (κ2) is 4.15. The zero-order valence-electron chi connectivity index (χ0n) is 7.53. The second-order valence-corrected chi connectivity index (χ2v) is 2.67. The van der Waals surface area contributed by atoms with E-state index in [0.29, 0.717) is 0 Å². The molecule has 0 radical (unpaired) electrons. The van der Waals surface area contributed by atoms with Crippen molar-refractivity contribution in [1.82, 2.24) is 0 Å². The number of ketones is 1. The molecule has 13 heavy (non-hydrogen) atoms. The summed E-state index contributed by atoms with van der Waals surface area (Å²) in [6, 6.07) is 0. The van der Waals surface area contributed by atoms with Crippen LogP contribution in [0.15, 0.2) is 12.2 Å². The maximum Gasteiger partial charge on any atom is 0.336 e. The van der Waals surface area contributed by atoms with Gasteiger partial charge in [0.1, 0.15) is 6.61 Å². The fourth-order valence-electron chi connectivity index (χ4n) is 0.456. The number of ether oxygens (including phenoxy) is 1. The highest BCUT2D eigenvalue weighted by Crippen LogP contribution is 2.10. The number of carbonyl (C=O) groups is 2. The summed E-state index contributed by atoms with van der Waals surface area (Å²) in [5, 5.41) is 17.8. The molecule has 5 nitrogen and oxygen atoms in total. The van der Waals surface area contributed by atoms with Crippen LogP contribution in [0.1, 0.15) is 13.8 Å². The lowest BCUT2D eigenvalue weighted by Crippen LogP contribution is -2.45. The monoisotopic (exact) mass is 188 g/mol. The van der Waals surface area contributed by atoms with Gasteiger partial charge < -0.3 is 14.9 Å². The predicted octanol–water partition coefficient (Wildman–Crippen LogP) is -0.624. The number of carbonyl (C=O) groups excluding carboxylic acids is 2. The normalized spacial score (nSPS) is 14.5. The summed E-state index contributed by atoms with van der Waals surface area (Å²) in [6.45, 7) is 4.65. The Morgan fingerprint density at radius 2 is 1.92 bits per heavy atom. The number of hydrogen-bond acceptors (Lipinski definition) is 5. The van der Waals surface area contributed by atoms with Crippen molar-refractivity contribution in [2.75, 3.05) is 6.61 Å². The number of aliphatic hydroxyl groups is 2. The molecule has 0 spiro atoms. The van der Waals surface area contributed by atoms with Crippen LogP contribution >= 0.6 is 0 Å². The number of esters is 1. The van der Waals surface area contributed by atoms with Gasteiger partial charge in [0.25, 0.3) is 5.79 Å². The summed E-state index contributed by atoms with van der Waals surface area (Å²) in [7, 11) is 0. The summed E-state index contributed by atoms with van der Waals surface area (Å²) in [4.78, 5) is 21.6. The topological polar surface area (TPSA) is 83.8 Å². The minimum atomic E-state index is -2.45. The lowest BCUT2D eigenvalue weighted by Gasteiger charge is -2.22. The smallest absolute Gasteiger partial charge is 0.336 e. The molecule has 74 valence electrons. The van der Waals surface area contributed by atoms with Gasteiger partial charge in [-0.15, -0.1) is 0 Å². The third-order valence-electron chi connectivity index (χ3n) is 1.37. The van der Waals surface area contributed by atoms with Crippen LogP contribution in [0.25, 0.3) is 0 Å². The first-order valence-corrected chi connectivity index (χ1v) is 3.56. The molecule has 0 aromatic heterocycles. The van der Waals surface area contributed by atoms with Crippen LogP contribution in [0.4, 0.5) is 0 Å². The van der Waals surface area contributed by atoms with E-state index in [0.717, 1.165) is 6.92 Å². The summed E-state index contributed by atoms with van der Waals surface area (Å²) in [5.41, 5.74) is 0.0353. The Morgan fingerprint density at radius 1 is 1.46 bits per heavy atom. The quantitative estimate of drug-likeness (QED) is 0.349. The van der Waals surface area contributed by atoms with E-state index < -0.39 is 24.1 Å². The first-order chi connectivity index (χ1) is 5.83. The molecule has 0 aliphatic heterocycles. The van der Waals surface area contributed by atoms with E-state index in [9.17, 15) is 14.7 Å². The van der Waals surface area contributed by atoms with Crippen LogP contribution in [-0.2, 0) is 14.3 Å². The zero-order valence-corrected chi connectivity index (χ0v) is 7.53. The average Bonchev–Trinajstić information content (AvgIpc) is 2.03. The van der Waals surface area contributed by atoms with Crippen molar-refractivity contribution in [3.63, 3.8) is 0 Å². The highest BCUT2D eigenvalue weighted by atomic mass is 16.7. The first-order valence-electron chi connectivity index (χ1n) is 3.56. The van der Waals surface area contributed by atoms with Crippen molar-refractivity contribution in [1.29, 1.82) is 0 Å². The Morgan fingerprint density at radius 3 is 2.15 bits per heavy atom. The Kier molecular flexibility index (Phi) is 3.77. The van der Waals surface area contributed by atoms with E-state index in [2.05, 4.69) is 11.3 Å². The number of aliphatic hydroxyl groups excluding tert-OH is 1. The van der Waals surface area contributed by atoms with Gasteiger partial charge in [-0.2, -0.15) is 0 Å². The zero-order chi connectivity index (χ0) is 10.6. The molecule has 0 amide bonds. The van der Waals surface area contributed by atoms with Gasteiger partial charge in [-0.1, -0.05) is 6.58 Å². The number of rotatable bonds is 4. The lowest BCUT2D eigenvalue weighted by atomic mass is 10.2. The summed E-state index contributed by atoms with van der Waals surface area (Å²) in [6.07, 6.45) is 0. The van der Waals surface area contributed by atoms with Crippen molar-refractivity contribution in [2.45, 2.75) is 19.6 Å². The molecular weight excluding hydrogens is 176 g/mol. The fraction of sp³-hybridized carbons (Fsp3) is 0.500. The van der Waals surface area contributed by atoms with Gasteiger partial charge in [-0.25, -0.2) is 4.79 Å². The Bertz CT molecular complexity index is 245. The highest BCUT2D eigenvalue weighted by molar-refractivity contribution is 5.91. The standard InChI is InChI=1S/C8H12O5/c1-5(2)7(11)13-8(12,4-9)6(3)10/h9,12H,1,4H2,2-3H3. The molecule has 5 heteroatoms. The second-order valence-electron chi connectivity index (χ2n) is 2.67. The van der Waals surface area contributed by atoms with Crippen molar-refractivity contribution < 1.29 is 24.5 Å². The third-order valence-corrected chi connectivity index (χ3v) is 1.37. The minimum absolute atomic E-state index is 0.0353. The molecule has 2 N–H and O–H groups in total. The molecule has 0 aliphatic carbocycles. The van der Waals surface area contributed by atoms with Crippen LogP contribution in [-0.4, -0.2) is 34.4 Å². The molecule has 0 saturated carbocycles. The van der Waals surface area contributed by atoms with E-state index in [1.807, 2.05) is 0 Å². The fourth-order valence-corrected chi connectivity index (χ4v) is 0.456. The molecule has 0 aromatic rings. The van der Waals surface area contributed by atoms with Crippen molar-refractivity contribution in [3.05, 3.63) is 12.2 Å². The molecule has 0 aliphatic rings. The van der Waals surface area contributed by atoms with Gasteiger partial charge in [0, 0.05) is 12.5 Å². The maximum atomic E-state index is 10.9. The van der Waals surface area contributed by atoms with Crippen molar-refractivity contribution in [2.24, 2.45) is 0 Å². The SMILES string of the molecule is C=C(C)C(=O)OC(O)(CO)C(C)=O. The number of hydrogen-bond donors (Lipinski definition) is 2. The molecule has 0 saturated heterocycles. The molecule has 0 bridgehead atoms. The summed E-state index contributed by atoms with van der Waals surface area (Å²) in [5.74, 6) is -4.22. The molecule has 0 fully saturated rings. The van der Waals surface area contributed by atoms with Crippen LogP contribution in [0.5, 0.6) is 0 Å². The number of Topliss-reactive ketones (excluding diaryl/α,β-unsaturated/α-hetero) is 1. The molecule has 1 unspecified atom stereocenters. The maximum absolute atomic E-state index is 10.9. The highest BCUT2D eigenvalue weighted by Gasteiger charge is 2.36. The van der Waals surface area contributed by atoms with Gasteiger partial charge in [0.2, 0.25) is 5.78 Å². The van der Waals surface area contributed by atoms with E-state index >= 15 is 0 Å². The molecule has 1 atom stereocenters. The molecule has 0 rings (SSSR count). The Hall–Kier alpha value is -1.20. The first kappa shape index (κ1) is 11.8. The van der Waals surface area contributed by atoms with E-state index in [-0.39, 0.29) is 5.57 Å². The van der Waals surface area contributed by atoms with Crippen LogP contribution < -0.4 is 0 Å². The van der Waals surface area contributed by atoms with E-state index in [1.54, 1.807) is 0 Å². The van der Waals surface area contributed by atoms with Crippen molar-refractivity contribution in [3.8, 4) is 0 Å². The predicted molar refractivity (Wildman–Crippen MR) is 43.6 cm³/mol. The van der Waals surface area contributed by atoms with E-state index in [4.69, 9.17) is 5.11 Å². The minimum Gasteiger partial charge on any atom is -0.420 e. The average molecular weight is 188 g/mol.